The first-order chi connectivity index (χ1) is 23.7. The normalized spacial score (nSPS) is 25.0. The summed E-state index contributed by atoms with van der Waals surface area (Å²) >= 11 is 0. The summed E-state index contributed by atoms with van der Waals surface area (Å²) in [5, 5.41) is 15.0. The summed E-state index contributed by atoms with van der Waals surface area (Å²) in [7, 11) is 4.55. The highest BCUT2D eigenvalue weighted by molar-refractivity contribution is 5.97. The summed E-state index contributed by atoms with van der Waals surface area (Å²) in [5.41, 5.74) is 1.47. The largest absolute Gasteiger partial charge is 0.508 e. The maximum absolute atomic E-state index is 14.5. The minimum atomic E-state index is -1.07. The second-order valence-electron chi connectivity index (χ2n) is 13.8. The summed E-state index contributed by atoms with van der Waals surface area (Å²) in [4.78, 5) is 89.0. The van der Waals surface area contributed by atoms with Crippen molar-refractivity contribution in [1.29, 1.82) is 0 Å². The number of benzene rings is 2. The average molecular weight is 691 g/mol. The van der Waals surface area contributed by atoms with Gasteiger partial charge in [-0.15, -0.1) is 0 Å². The number of likely N-dealkylation sites (N-methyl/N-ethyl adjacent to an activating group) is 3. The highest BCUT2D eigenvalue weighted by Crippen LogP contribution is 2.26. The molecule has 0 bridgehead atoms. The first kappa shape index (κ1) is 37.9. The molecule has 50 heavy (non-hydrogen) atoms. The molecule has 2 aliphatic heterocycles. The number of aromatic hydroxyl groups is 1. The second kappa shape index (κ2) is 16.6. The molecule has 0 saturated carbocycles. The van der Waals surface area contributed by atoms with Gasteiger partial charge in [-0.3, -0.25) is 28.8 Å². The molecule has 0 radical (unpaired) electrons. The molecular formula is C37H50N6O7. The fraction of sp³-hybridized carbons (Fsp3) is 0.514. The molecule has 2 saturated heterocycles. The number of carbonyl (C=O) groups excluding carboxylic acids is 6. The Morgan fingerprint density at radius 3 is 1.98 bits per heavy atom. The van der Waals surface area contributed by atoms with E-state index in [1.807, 2.05) is 44.2 Å². The molecule has 0 unspecified atom stereocenters. The smallest absolute Gasteiger partial charge is 0.246 e. The number of amides is 6. The highest BCUT2D eigenvalue weighted by atomic mass is 16.3. The lowest BCUT2D eigenvalue weighted by molar-refractivity contribution is -0.154. The number of nitrogens with one attached hydrogen (secondary N) is 2. The molecular weight excluding hydrogens is 640 g/mol. The zero-order valence-corrected chi connectivity index (χ0v) is 29.8. The van der Waals surface area contributed by atoms with Gasteiger partial charge >= 0.3 is 0 Å². The molecule has 5 atom stereocenters. The molecule has 2 aromatic rings. The van der Waals surface area contributed by atoms with Crippen molar-refractivity contribution in [3.05, 3.63) is 65.7 Å². The van der Waals surface area contributed by atoms with E-state index in [4.69, 9.17) is 0 Å². The molecule has 4 rings (SSSR count). The van der Waals surface area contributed by atoms with Gasteiger partial charge in [0.15, 0.2) is 0 Å². The first-order valence-corrected chi connectivity index (χ1v) is 17.2. The highest BCUT2D eigenvalue weighted by Gasteiger charge is 2.44. The van der Waals surface area contributed by atoms with Crippen LogP contribution in [0.4, 0.5) is 0 Å². The van der Waals surface area contributed by atoms with Crippen LogP contribution in [0.1, 0.15) is 51.2 Å². The molecule has 13 nitrogen and oxygen atoms in total. The van der Waals surface area contributed by atoms with E-state index < -0.39 is 66.3 Å². The van der Waals surface area contributed by atoms with E-state index in [2.05, 4.69) is 10.6 Å². The summed E-state index contributed by atoms with van der Waals surface area (Å²) in [6.45, 7) is 5.24. The Morgan fingerprint density at radius 2 is 1.34 bits per heavy atom. The van der Waals surface area contributed by atoms with Crippen LogP contribution in [-0.2, 0) is 41.6 Å². The van der Waals surface area contributed by atoms with Crippen LogP contribution in [0.25, 0.3) is 0 Å². The molecule has 6 amide bonds. The monoisotopic (exact) mass is 690 g/mol. The Bertz CT molecular complexity index is 1550. The van der Waals surface area contributed by atoms with Gasteiger partial charge in [0.2, 0.25) is 35.4 Å². The van der Waals surface area contributed by atoms with Crippen LogP contribution in [0, 0.1) is 5.92 Å². The predicted octanol–water partition coefficient (Wildman–Crippen LogP) is 1.33. The van der Waals surface area contributed by atoms with Gasteiger partial charge in [-0.2, -0.15) is 0 Å². The van der Waals surface area contributed by atoms with Crippen molar-refractivity contribution < 1.29 is 33.9 Å². The van der Waals surface area contributed by atoms with Crippen molar-refractivity contribution in [2.45, 2.75) is 83.1 Å². The van der Waals surface area contributed by atoms with E-state index >= 15 is 0 Å². The number of rotatable bonds is 6. The average Bonchev–Trinajstić information content (AvgIpc) is 3.59. The fourth-order valence-electron chi connectivity index (χ4n) is 6.60. The van der Waals surface area contributed by atoms with Crippen molar-refractivity contribution in [2.75, 3.05) is 34.2 Å². The van der Waals surface area contributed by atoms with E-state index in [0.29, 0.717) is 31.4 Å². The van der Waals surface area contributed by atoms with Gasteiger partial charge in [0.25, 0.3) is 0 Å². The Hall–Kier alpha value is -4.94. The topological polar surface area (TPSA) is 160 Å². The second-order valence-corrected chi connectivity index (χ2v) is 13.8. The van der Waals surface area contributed by atoms with Crippen molar-refractivity contribution in [3.8, 4) is 5.75 Å². The van der Waals surface area contributed by atoms with Crippen molar-refractivity contribution in [3.63, 3.8) is 0 Å². The fourth-order valence-corrected chi connectivity index (χ4v) is 6.60. The molecule has 13 heteroatoms. The summed E-state index contributed by atoms with van der Waals surface area (Å²) in [6.07, 6.45) is 1.50. The van der Waals surface area contributed by atoms with Crippen LogP contribution in [0.5, 0.6) is 5.75 Å². The third-order valence-electron chi connectivity index (χ3n) is 9.68. The zero-order chi connectivity index (χ0) is 36.7. The number of hydrogen-bond donors (Lipinski definition) is 3. The van der Waals surface area contributed by atoms with Crippen LogP contribution in [-0.4, -0.2) is 125 Å². The van der Waals surface area contributed by atoms with Crippen LogP contribution < -0.4 is 10.6 Å². The van der Waals surface area contributed by atoms with Gasteiger partial charge < -0.3 is 35.3 Å². The van der Waals surface area contributed by atoms with Gasteiger partial charge in [0.05, 0.1) is 6.54 Å². The molecule has 270 valence electrons. The van der Waals surface area contributed by atoms with Gasteiger partial charge in [0, 0.05) is 40.5 Å². The van der Waals surface area contributed by atoms with Gasteiger partial charge in [0.1, 0.15) is 36.0 Å². The predicted molar refractivity (Wildman–Crippen MR) is 186 cm³/mol. The Kier molecular flexibility index (Phi) is 12.6. The number of hydrogen-bond acceptors (Lipinski definition) is 7. The molecule has 2 aromatic carbocycles. The number of carbonyl (C=O) groups is 6. The lowest BCUT2D eigenvalue weighted by Crippen LogP contribution is -2.60. The standard InChI is InChI=1S/C37H50N6O7/c1-23(2)19-30-37(50)43-18-10-13-28(43)35(48)41(5)29(20-26-14-16-27(44)17-15-26)34(47)39-24(3)33(46)38-22-32(45)40(4)31(36(49)42(30)6)21-25-11-8-7-9-12-25/h7-9,11-12,14-17,23-24,28-31,44H,10,13,18-22H2,1-6H3,(H,38,46)(H,39,47)/t24-,28+,29-,30-,31-/m0/s1. The van der Waals surface area contributed by atoms with Gasteiger partial charge in [-0.1, -0.05) is 56.3 Å². The summed E-state index contributed by atoms with van der Waals surface area (Å²) in [5.74, 6) is -2.92. The Balaban J connectivity index is 1.75. The third-order valence-corrected chi connectivity index (χ3v) is 9.68. The minimum absolute atomic E-state index is 0.0130. The Morgan fingerprint density at radius 1 is 0.740 bits per heavy atom. The minimum Gasteiger partial charge on any atom is -0.508 e. The zero-order valence-electron chi connectivity index (χ0n) is 29.8. The van der Waals surface area contributed by atoms with E-state index in [9.17, 15) is 33.9 Å². The van der Waals surface area contributed by atoms with Gasteiger partial charge in [-0.25, -0.2) is 0 Å². The molecule has 0 aromatic heterocycles. The van der Waals surface area contributed by atoms with Gasteiger partial charge in [-0.05, 0) is 55.4 Å². The molecule has 2 heterocycles. The maximum Gasteiger partial charge on any atom is 0.246 e. The summed E-state index contributed by atoms with van der Waals surface area (Å²) in [6, 6.07) is 10.6. The van der Waals surface area contributed by atoms with E-state index in [-0.39, 0.29) is 30.4 Å². The van der Waals surface area contributed by atoms with Crippen molar-refractivity contribution in [2.24, 2.45) is 5.92 Å². The van der Waals surface area contributed by atoms with Crippen molar-refractivity contribution >= 4 is 35.4 Å². The molecule has 2 fully saturated rings. The molecule has 2 aliphatic rings. The molecule has 3 N–H and O–H groups in total. The summed E-state index contributed by atoms with van der Waals surface area (Å²) < 4.78 is 0. The molecule has 0 spiro atoms. The van der Waals surface area contributed by atoms with E-state index in [1.165, 1.54) is 52.8 Å². The number of nitrogens with zero attached hydrogens (tertiary/aromatic N) is 4. The third kappa shape index (κ3) is 8.99. The van der Waals surface area contributed by atoms with E-state index in [1.54, 1.807) is 19.2 Å². The van der Waals surface area contributed by atoms with Crippen LogP contribution in [0.2, 0.25) is 0 Å². The number of phenols is 1. The number of fused-ring (bicyclic) bond motifs is 1. The molecule has 0 aliphatic carbocycles. The quantitative estimate of drug-likeness (QED) is 0.413. The first-order valence-electron chi connectivity index (χ1n) is 17.2. The lowest BCUT2D eigenvalue weighted by atomic mass is 9.98. The van der Waals surface area contributed by atoms with Crippen molar-refractivity contribution in [1.82, 2.24) is 30.2 Å². The van der Waals surface area contributed by atoms with Crippen LogP contribution in [0.3, 0.4) is 0 Å². The van der Waals surface area contributed by atoms with E-state index in [0.717, 1.165) is 5.56 Å². The number of phenolic OH excluding ortho intramolecular Hbond substituents is 1. The maximum atomic E-state index is 14.5. The SMILES string of the molecule is CC(C)C[C@H]1C(=O)N2CCC[C@@H]2C(=O)N(C)[C@@H](Cc2ccc(O)cc2)C(=O)N[C@@H](C)C(=O)NCC(=O)N(C)[C@@H](Cc2ccccc2)C(=O)N1C. The lowest BCUT2D eigenvalue weighted by Gasteiger charge is -2.38. The Labute approximate surface area is 294 Å². The van der Waals surface area contributed by atoms with Crippen LogP contribution in [0.15, 0.2) is 54.6 Å². The van der Waals surface area contributed by atoms with Crippen LogP contribution >= 0.6 is 0 Å².